The summed E-state index contributed by atoms with van der Waals surface area (Å²) < 4.78 is 10.9. The van der Waals surface area contributed by atoms with E-state index in [0.717, 1.165) is 52.8 Å². The molecule has 0 atom stereocenters. The van der Waals surface area contributed by atoms with Gasteiger partial charge >= 0.3 is 0 Å². The fraction of sp³-hybridized carbons (Fsp3) is 0.556. The largest absolute Gasteiger partial charge is 0.396 e. The van der Waals surface area contributed by atoms with Crippen molar-refractivity contribution in [1.29, 1.82) is 0 Å². The molecule has 0 aliphatic carbocycles. The number of aromatic amines is 1. The number of ether oxygens (including phenoxy) is 2. The number of fused-ring (bicyclic) bond motifs is 4. The Morgan fingerprint density at radius 3 is 2.57 bits per heavy atom. The molecule has 0 saturated carbocycles. The molecule has 8 nitrogen and oxygen atoms in total. The maximum atomic E-state index is 14.0. The molecule has 3 N–H and O–H groups in total. The van der Waals surface area contributed by atoms with Gasteiger partial charge in [-0.05, 0) is 75.6 Å². The van der Waals surface area contributed by atoms with E-state index >= 15 is 0 Å². The second kappa shape index (κ2) is 10.9. The van der Waals surface area contributed by atoms with Crippen LogP contribution >= 0.6 is 0 Å². The van der Waals surface area contributed by atoms with Crippen molar-refractivity contribution < 1.29 is 19.4 Å². The van der Waals surface area contributed by atoms with Gasteiger partial charge in [0.25, 0.3) is 0 Å². The van der Waals surface area contributed by atoms with Gasteiger partial charge in [0.15, 0.2) is 0 Å². The van der Waals surface area contributed by atoms with Crippen LogP contribution in [0.1, 0.15) is 62.8 Å². The topological polar surface area (TPSA) is 99.2 Å². The van der Waals surface area contributed by atoms with E-state index in [1.165, 1.54) is 11.1 Å². The number of hydrogen-bond donors (Lipinski definition) is 3. The van der Waals surface area contributed by atoms with Gasteiger partial charge in [-0.2, -0.15) is 5.10 Å². The number of hydrazone groups is 1. The number of rotatable bonds is 9. The molecule has 2 aromatic rings. The van der Waals surface area contributed by atoms with Gasteiger partial charge in [-0.3, -0.25) is 10.2 Å². The van der Waals surface area contributed by atoms with Crippen molar-refractivity contribution in [3.05, 3.63) is 40.7 Å². The summed E-state index contributed by atoms with van der Waals surface area (Å²) in [7, 11) is 3.33. The number of allylic oxidation sites excluding steroid dienone is 1. The van der Waals surface area contributed by atoms with E-state index in [1.807, 2.05) is 18.0 Å². The summed E-state index contributed by atoms with van der Waals surface area (Å²) in [6.45, 7) is 5.61. The number of nitrogens with one attached hydrogen (secondary N) is 2. The van der Waals surface area contributed by atoms with Gasteiger partial charge in [-0.25, -0.2) is 0 Å². The second-order valence-electron chi connectivity index (χ2n) is 9.67. The van der Waals surface area contributed by atoms with Gasteiger partial charge in [0.1, 0.15) is 0 Å². The molecule has 0 spiro atoms. The summed E-state index contributed by atoms with van der Waals surface area (Å²) in [4.78, 5) is 19.4. The first-order chi connectivity index (χ1) is 17.0. The highest BCUT2D eigenvalue weighted by Crippen LogP contribution is 2.48. The number of aliphatic hydroxyl groups is 1. The van der Waals surface area contributed by atoms with Gasteiger partial charge in [0, 0.05) is 63.4 Å². The molecule has 8 heteroatoms. The lowest BCUT2D eigenvalue weighted by atomic mass is 9.76. The number of aromatic nitrogens is 1. The Morgan fingerprint density at radius 2 is 1.89 bits per heavy atom. The van der Waals surface area contributed by atoms with Gasteiger partial charge in [-0.1, -0.05) is 5.57 Å². The first-order valence-corrected chi connectivity index (χ1v) is 12.5. The SMILES string of the molecule is COCCC1(CCOC)C(=O)N(CCCO)c2cc3c4c([nH]c3cc21)/C(C)=N/N/C=C(\C)CCC4. The number of benzene rings is 1. The van der Waals surface area contributed by atoms with Crippen LogP contribution < -0.4 is 10.3 Å². The third-order valence-corrected chi connectivity index (χ3v) is 7.39. The van der Waals surface area contributed by atoms with Crippen LogP contribution in [0.2, 0.25) is 0 Å². The number of anilines is 1. The van der Waals surface area contributed by atoms with E-state index in [2.05, 4.69) is 34.6 Å². The van der Waals surface area contributed by atoms with Crippen molar-refractivity contribution in [2.45, 2.75) is 57.8 Å². The van der Waals surface area contributed by atoms with Crippen LogP contribution in [0.25, 0.3) is 10.9 Å². The maximum Gasteiger partial charge on any atom is 0.237 e. The zero-order valence-electron chi connectivity index (χ0n) is 21.4. The van der Waals surface area contributed by atoms with E-state index in [9.17, 15) is 9.90 Å². The van der Waals surface area contributed by atoms with Crippen LogP contribution in [0.4, 0.5) is 5.69 Å². The summed E-state index contributed by atoms with van der Waals surface area (Å²) in [6.07, 6.45) is 6.61. The van der Waals surface area contributed by atoms with Gasteiger partial charge in [0.05, 0.1) is 16.8 Å². The molecule has 0 fully saturated rings. The predicted molar refractivity (Wildman–Crippen MR) is 139 cm³/mol. The quantitative estimate of drug-likeness (QED) is 0.505. The molecule has 1 amide bonds. The lowest BCUT2D eigenvalue weighted by Gasteiger charge is -2.28. The van der Waals surface area contributed by atoms with Crippen LogP contribution in [0.3, 0.4) is 0 Å². The molecule has 0 saturated heterocycles. The van der Waals surface area contributed by atoms with Crippen LogP contribution in [-0.2, 0) is 26.1 Å². The average Bonchev–Trinajstić information content (AvgIpc) is 3.31. The number of H-pyrrole nitrogens is 1. The van der Waals surface area contributed by atoms with Crippen LogP contribution in [0.15, 0.2) is 29.0 Å². The Bertz CT molecular complexity index is 1130. The molecule has 3 heterocycles. The number of methoxy groups -OCH3 is 2. The minimum atomic E-state index is -0.717. The molecule has 2 aliphatic heterocycles. The zero-order valence-corrected chi connectivity index (χ0v) is 21.4. The Hall–Kier alpha value is -2.68. The van der Waals surface area contributed by atoms with Crippen molar-refractivity contribution in [1.82, 2.24) is 10.4 Å². The maximum absolute atomic E-state index is 14.0. The monoisotopic (exact) mass is 482 g/mol. The molecular weight excluding hydrogens is 444 g/mol. The third kappa shape index (κ3) is 4.75. The number of hydrogen-bond acceptors (Lipinski definition) is 6. The molecule has 2 aliphatic rings. The summed E-state index contributed by atoms with van der Waals surface area (Å²) >= 11 is 0. The van der Waals surface area contributed by atoms with Gasteiger partial charge in [0.2, 0.25) is 5.91 Å². The highest BCUT2D eigenvalue weighted by atomic mass is 16.5. The third-order valence-electron chi connectivity index (χ3n) is 7.39. The summed E-state index contributed by atoms with van der Waals surface area (Å²) in [6, 6.07) is 4.33. The Labute approximate surface area is 207 Å². The zero-order chi connectivity index (χ0) is 25.0. The molecule has 1 aromatic carbocycles. The number of amides is 1. The number of carbonyl (C=O) groups excluding carboxylic acids is 1. The summed E-state index contributed by atoms with van der Waals surface area (Å²) in [5.74, 6) is 0.0709. The van der Waals surface area contributed by atoms with Crippen LogP contribution in [-0.4, -0.2) is 62.3 Å². The molecule has 0 bridgehead atoms. The van der Waals surface area contributed by atoms with Crippen molar-refractivity contribution in [2.75, 3.05) is 45.5 Å². The van der Waals surface area contributed by atoms with Crippen LogP contribution in [0, 0.1) is 0 Å². The van der Waals surface area contributed by atoms with E-state index in [1.54, 1.807) is 14.2 Å². The number of nitrogens with zero attached hydrogens (tertiary/aromatic N) is 2. The summed E-state index contributed by atoms with van der Waals surface area (Å²) in [5.41, 5.74) is 9.78. The number of aryl methyl sites for hydroxylation is 1. The Kier molecular flexibility index (Phi) is 7.94. The van der Waals surface area contributed by atoms with Gasteiger partial charge in [-0.15, -0.1) is 0 Å². The molecule has 0 unspecified atom stereocenters. The number of aliphatic hydroxyl groups excluding tert-OH is 1. The van der Waals surface area contributed by atoms with Crippen molar-refractivity contribution in [3.8, 4) is 0 Å². The molecule has 35 heavy (non-hydrogen) atoms. The second-order valence-corrected chi connectivity index (χ2v) is 9.67. The van der Waals surface area contributed by atoms with E-state index < -0.39 is 5.41 Å². The lowest BCUT2D eigenvalue weighted by Crippen LogP contribution is -2.42. The highest BCUT2D eigenvalue weighted by Gasteiger charge is 2.50. The molecular formula is C27H38N4O4. The minimum Gasteiger partial charge on any atom is -0.396 e. The fourth-order valence-corrected chi connectivity index (χ4v) is 5.47. The molecule has 190 valence electrons. The highest BCUT2D eigenvalue weighted by molar-refractivity contribution is 6.12. The molecule has 4 rings (SSSR count). The van der Waals surface area contributed by atoms with Crippen molar-refractivity contribution >= 4 is 28.2 Å². The molecule has 0 radical (unpaired) electrons. The summed E-state index contributed by atoms with van der Waals surface area (Å²) in [5, 5.41) is 15.2. The predicted octanol–water partition coefficient (Wildman–Crippen LogP) is 3.76. The van der Waals surface area contributed by atoms with E-state index in [4.69, 9.17) is 9.47 Å². The fourth-order valence-electron chi connectivity index (χ4n) is 5.47. The van der Waals surface area contributed by atoms with Crippen LogP contribution in [0.5, 0.6) is 0 Å². The first kappa shape index (κ1) is 25.4. The van der Waals surface area contributed by atoms with E-state index in [0.29, 0.717) is 39.0 Å². The number of carbonyl (C=O) groups is 1. The van der Waals surface area contributed by atoms with Crippen molar-refractivity contribution in [2.24, 2.45) is 5.10 Å². The van der Waals surface area contributed by atoms with E-state index in [-0.39, 0.29) is 12.5 Å². The Morgan fingerprint density at radius 1 is 1.14 bits per heavy atom. The normalized spacial score (nSPS) is 20.6. The molecule has 1 aromatic heterocycles. The standard InChI is InChI=1S/C27H38N4O4/c1-18-7-5-8-20-21-15-24-22(16-23(21)29-25(20)19(2)30-28-17-18)27(9-13-34-3,10-14-35-4)26(33)31(24)11-6-12-32/h15-17,28-29,32H,5-14H2,1-4H3/b18-17+,30-19+. The smallest absolute Gasteiger partial charge is 0.237 e. The first-order valence-electron chi connectivity index (χ1n) is 12.5. The Balaban J connectivity index is 1.89. The lowest BCUT2D eigenvalue weighted by molar-refractivity contribution is -0.124. The van der Waals surface area contributed by atoms with Crippen molar-refractivity contribution in [3.63, 3.8) is 0 Å². The average molecular weight is 483 g/mol. The minimum absolute atomic E-state index is 0.0413. The van der Waals surface area contributed by atoms with Gasteiger partial charge < -0.3 is 24.5 Å².